The Kier molecular flexibility index (Phi) is 4.67. The van der Waals surface area contributed by atoms with Crippen molar-refractivity contribution in [2.45, 2.75) is 5.92 Å². The van der Waals surface area contributed by atoms with E-state index in [9.17, 15) is 0 Å². The van der Waals surface area contributed by atoms with Crippen molar-refractivity contribution in [1.29, 1.82) is 0 Å². The summed E-state index contributed by atoms with van der Waals surface area (Å²) in [6.45, 7) is 0. The minimum Gasteiger partial charge on any atom is -0.457 e. The fraction of sp³-hybridized carbons (Fsp3) is 0.0263. The highest BCUT2D eigenvalue weighted by Crippen LogP contribution is 2.53. The lowest BCUT2D eigenvalue weighted by atomic mass is 9.82. The molecule has 2 aliphatic heterocycles. The van der Waals surface area contributed by atoms with E-state index in [0.29, 0.717) is 0 Å². The van der Waals surface area contributed by atoms with E-state index in [1.54, 1.807) is 0 Å². The first kappa shape index (κ1) is 22.4. The van der Waals surface area contributed by atoms with Crippen molar-refractivity contribution in [2.75, 3.05) is 0 Å². The van der Waals surface area contributed by atoms with Gasteiger partial charge in [0, 0.05) is 27.6 Å². The molecule has 0 fully saturated rings. The number of nitrogens with zero attached hydrogens (tertiary/aromatic N) is 2. The Balaban J connectivity index is 1.12. The number of aliphatic imine (C=N–C) groups is 1. The van der Waals surface area contributed by atoms with Crippen molar-refractivity contribution in [1.82, 2.24) is 4.57 Å². The summed E-state index contributed by atoms with van der Waals surface area (Å²) in [5, 5.41) is 2.54. The van der Waals surface area contributed by atoms with E-state index >= 15 is 0 Å². The van der Waals surface area contributed by atoms with Gasteiger partial charge in [0.25, 0.3) is 0 Å². The van der Waals surface area contributed by atoms with Crippen LogP contribution in [0.15, 0.2) is 145 Å². The summed E-state index contributed by atoms with van der Waals surface area (Å²) in [5.41, 5.74) is 11.4. The smallest absolute Gasteiger partial charge is 0.133 e. The maximum Gasteiger partial charge on any atom is 0.133 e. The van der Waals surface area contributed by atoms with Gasteiger partial charge >= 0.3 is 0 Å². The summed E-state index contributed by atoms with van der Waals surface area (Å²) in [4.78, 5) is 5.07. The van der Waals surface area contributed by atoms with Gasteiger partial charge in [-0.25, -0.2) is 0 Å². The van der Waals surface area contributed by atoms with Gasteiger partial charge in [-0.1, -0.05) is 97.1 Å². The Hall–Kier alpha value is -5.41. The molecular formula is C38H24N2O. The molecule has 192 valence electrons. The highest BCUT2D eigenvalue weighted by Gasteiger charge is 2.37. The number of benzene rings is 6. The van der Waals surface area contributed by atoms with Gasteiger partial charge in [0.2, 0.25) is 0 Å². The topological polar surface area (TPSA) is 26.5 Å². The van der Waals surface area contributed by atoms with Gasteiger partial charge in [0.05, 0.1) is 28.4 Å². The van der Waals surface area contributed by atoms with Crippen molar-refractivity contribution in [2.24, 2.45) is 4.99 Å². The van der Waals surface area contributed by atoms with Gasteiger partial charge in [-0.15, -0.1) is 0 Å². The van der Waals surface area contributed by atoms with E-state index in [1.165, 1.54) is 27.4 Å². The molecule has 3 heterocycles. The number of hydrogen-bond donors (Lipinski definition) is 0. The third-order valence-corrected chi connectivity index (χ3v) is 8.50. The summed E-state index contributed by atoms with van der Waals surface area (Å²) in [6, 6.07) is 49.4. The van der Waals surface area contributed by atoms with Gasteiger partial charge in [-0.2, -0.15) is 0 Å². The van der Waals surface area contributed by atoms with Crippen LogP contribution in [0.2, 0.25) is 0 Å². The number of aromatic nitrogens is 1. The van der Waals surface area contributed by atoms with Crippen molar-refractivity contribution in [3.8, 4) is 28.3 Å². The Labute approximate surface area is 237 Å². The molecule has 0 bridgehead atoms. The number of para-hydroxylation sites is 2. The third-order valence-electron chi connectivity index (χ3n) is 8.50. The Bertz CT molecular complexity index is 2120. The summed E-state index contributed by atoms with van der Waals surface area (Å²) in [5.74, 6) is 1.86. The normalized spacial score (nSPS) is 14.9. The maximum atomic E-state index is 6.52. The van der Waals surface area contributed by atoms with Crippen molar-refractivity contribution in [3.05, 3.63) is 156 Å². The first-order chi connectivity index (χ1) is 20.3. The Morgan fingerprint density at radius 3 is 1.98 bits per heavy atom. The average molecular weight is 525 g/mol. The molecule has 0 saturated heterocycles. The molecule has 41 heavy (non-hydrogen) atoms. The number of rotatable bonds is 3. The molecule has 2 aliphatic rings. The molecule has 0 aliphatic carbocycles. The largest absolute Gasteiger partial charge is 0.457 e. The van der Waals surface area contributed by atoms with E-state index in [-0.39, 0.29) is 5.92 Å². The second kappa shape index (κ2) is 8.54. The summed E-state index contributed by atoms with van der Waals surface area (Å²) in [6.07, 6.45) is 0. The molecule has 9 rings (SSSR count). The first-order valence-corrected chi connectivity index (χ1v) is 14.0. The van der Waals surface area contributed by atoms with E-state index in [2.05, 4.69) is 132 Å². The van der Waals surface area contributed by atoms with Crippen LogP contribution in [0.4, 0.5) is 5.69 Å². The van der Waals surface area contributed by atoms with Gasteiger partial charge in [-0.05, 0) is 59.2 Å². The second-order valence-corrected chi connectivity index (χ2v) is 10.8. The second-order valence-electron chi connectivity index (χ2n) is 10.8. The van der Waals surface area contributed by atoms with Gasteiger partial charge in [0.1, 0.15) is 11.5 Å². The first-order valence-electron chi connectivity index (χ1n) is 14.0. The van der Waals surface area contributed by atoms with E-state index in [0.717, 1.165) is 50.8 Å². The number of hydrogen-bond acceptors (Lipinski definition) is 2. The molecule has 6 aromatic carbocycles. The molecule has 7 aromatic rings. The Morgan fingerprint density at radius 1 is 0.537 bits per heavy atom. The van der Waals surface area contributed by atoms with Gasteiger partial charge in [-0.3, -0.25) is 4.99 Å². The molecule has 3 nitrogen and oxygen atoms in total. The fourth-order valence-electron chi connectivity index (χ4n) is 6.65. The standard InChI is InChI=1S/C38H24N2O/c1-2-9-25(10-3-1)38-36-30-22-19-26(23-35(30)41-34-16-8-13-31(39-38)37(34)36)24-17-20-27(21-18-24)40-32-14-6-4-11-28(32)29-12-5-7-15-33(29)40/h1-23,36H/t36-/m1/s1. The molecule has 0 unspecified atom stereocenters. The van der Waals surface area contributed by atoms with E-state index < -0.39 is 0 Å². The van der Waals surface area contributed by atoms with Crippen LogP contribution in [0.25, 0.3) is 38.6 Å². The molecule has 0 radical (unpaired) electrons. The van der Waals surface area contributed by atoms with Gasteiger partial charge < -0.3 is 9.30 Å². The van der Waals surface area contributed by atoms with Crippen LogP contribution in [-0.4, -0.2) is 10.3 Å². The predicted octanol–water partition coefficient (Wildman–Crippen LogP) is 9.82. The third kappa shape index (κ3) is 3.30. The van der Waals surface area contributed by atoms with Crippen LogP contribution in [0.3, 0.4) is 0 Å². The zero-order valence-corrected chi connectivity index (χ0v) is 22.2. The lowest BCUT2D eigenvalue weighted by Crippen LogP contribution is -2.16. The number of fused-ring (bicyclic) bond motifs is 5. The molecule has 0 spiro atoms. The zero-order valence-electron chi connectivity index (χ0n) is 22.2. The SMILES string of the molecule is c1ccc(C2=Nc3cccc4c3[C@H]2c2ccc(-c3ccc(-n5c6ccccc6c6ccccc65)cc3)cc2O4)cc1. The van der Waals surface area contributed by atoms with Crippen LogP contribution >= 0.6 is 0 Å². The van der Waals surface area contributed by atoms with Crippen molar-refractivity contribution in [3.63, 3.8) is 0 Å². The average Bonchev–Trinajstić information content (AvgIpc) is 3.59. The zero-order chi connectivity index (χ0) is 26.9. The minimum atomic E-state index is 0.0686. The van der Waals surface area contributed by atoms with Crippen LogP contribution < -0.4 is 4.74 Å². The highest BCUT2D eigenvalue weighted by atomic mass is 16.5. The molecular weight excluding hydrogens is 500 g/mol. The predicted molar refractivity (Wildman–Crippen MR) is 167 cm³/mol. The lowest BCUT2D eigenvalue weighted by Gasteiger charge is -2.27. The minimum absolute atomic E-state index is 0.0686. The Morgan fingerprint density at radius 2 is 1.22 bits per heavy atom. The highest BCUT2D eigenvalue weighted by molar-refractivity contribution is 6.13. The van der Waals surface area contributed by atoms with E-state index in [1.807, 2.05) is 12.1 Å². The lowest BCUT2D eigenvalue weighted by molar-refractivity contribution is 0.458. The molecule has 0 amide bonds. The van der Waals surface area contributed by atoms with Crippen LogP contribution in [0.1, 0.15) is 22.6 Å². The van der Waals surface area contributed by atoms with E-state index in [4.69, 9.17) is 9.73 Å². The molecule has 1 aromatic heterocycles. The molecule has 0 N–H and O–H groups in total. The van der Waals surface area contributed by atoms with Crippen LogP contribution in [-0.2, 0) is 0 Å². The van der Waals surface area contributed by atoms with Crippen molar-refractivity contribution < 1.29 is 4.74 Å². The maximum absolute atomic E-state index is 6.52. The fourth-order valence-corrected chi connectivity index (χ4v) is 6.65. The summed E-state index contributed by atoms with van der Waals surface area (Å²) < 4.78 is 8.87. The molecule has 3 heteroatoms. The summed E-state index contributed by atoms with van der Waals surface area (Å²) in [7, 11) is 0. The summed E-state index contributed by atoms with van der Waals surface area (Å²) >= 11 is 0. The van der Waals surface area contributed by atoms with Gasteiger partial charge in [0.15, 0.2) is 0 Å². The monoisotopic (exact) mass is 524 g/mol. The quantitative estimate of drug-likeness (QED) is 0.226. The van der Waals surface area contributed by atoms with Crippen molar-refractivity contribution >= 4 is 33.2 Å². The molecule has 0 saturated carbocycles. The number of ether oxygens (including phenoxy) is 1. The van der Waals surface area contributed by atoms with Crippen LogP contribution in [0.5, 0.6) is 11.5 Å². The van der Waals surface area contributed by atoms with Crippen LogP contribution in [0, 0.1) is 0 Å². The molecule has 1 atom stereocenters.